The lowest BCUT2D eigenvalue weighted by Crippen LogP contribution is -2.20. The van der Waals surface area contributed by atoms with Crippen molar-refractivity contribution in [2.75, 3.05) is 7.05 Å². The second-order valence-corrected chi connectivity index (χ2v) is 3.70. The van der Waals surface area contributed by atoms with Crippen LogP contribution in [-0.4, -0.2) is 21.7 Å². The van der Waals surface area contributed by atoms with Crippen molar-refractivity contribution >= 4 is 0 Å². The molecule has 72 valence electrons. The van der Waals surface area contributed by atoms with Crippen molar-refractivity contribution < 1.29 is 0 Å². The molecule has 0 aromatic carbocycles. The third kappa shape index (κ3) is 1.05. The van der Waals surface area contributed by atoms with Crippen LogP contribution in [0.25, 0.3) is 0 Å². The molecule has 0 fully saturated rings. The highest BCUT2D eigenvalue weighted by atomic mass is 16.1. The monoisotopic (exact) mass is 181 g/mol. The van der Waals surface area contributed by atoms with Gasteiger partial charge in [-0.25, -0.2) is 0 Å². The molecule has 0 amide bonds. The van der Waals surface area contributed by atoms with Crippen LogP contribution < -0.4 is 5.56 Å². The molecule has 2 rings (SSSR count). The third-order valence-electron chi connectivity index (χ3n) is 2.86. The van der Waals surface area contributed by atoms with E-state index in [1.807, 2.05) is 11.7 Å². The summed E-state index contributed by atoms with van der Waals surface area (Å²) in [5, 5.41) is 2.80. The van der Waals surface area contributed by atoms with Gasteiger partial charge < -0.3 is 0 Å². The lowest BCUT2D eigenvalue weighted by Gasteiger charge is -2.19. The summed E-state index contributed by atoms with van der Waals surface area (Å²) in [6, 6.07) is 0.402. The molecule has 1 unspecified atom stereocenters. The van der Waals surface area contributed by atoms with Crippen LogP contribution in [0.2, 0.25) is 0 Å². The molecule has 1 aliphatic rings. The van der Waals surface area contributed by atoms with E-state index in [1.165, 1.54) is 0 Å². The van der Waals surface area contributed by atoms with E-state index in [4.69, 9.17) is 0 Å². The molecule has 0 spiro atoms. The molecule has 1 N–H and O–H groups in total. The highest BCUT2D eigenvalue weighted by Gasteiger charge is 2.31. The Morgan fingerprint density at radius 3 is 2.85 bits per heavy atom. The van der Waals surface area contributed by atoms with Crippen LogP contribution in [0.15, 0.2) is 4.79 Å². The quantitative estimate of drug-likeness (QED) is 0.689. The van der Waals surface area contributed by atoms with Gasteiger partial charge in [-0.2, -0.15) is 0 Å². The van der Waals surface area contributed by atoms with Crippen molar-refractivity contribution in [3.05, 3.63) is 21.6 Å². The number of hydrogen-bond donors (Lipinski definition) is 1. The van der Waals surface area contributed by atoms with Crippen molar-refractivity contribution in [2.45, 2.75) is 25.9 Å². The Hall–Kier alpha value is -1.03. The first-order chi connectivity index (χ1) is 6.15. The number of nitrogens with one attached hydrogen (secondary N) is 1. The number of fused-ring (bicyclic) bond motifs is 1. The number of nitrogens with zero attached hydrogens (tertiary/aromatic N) is 2. The highest BCUT2D eigenvalue weighted by molar-refractivity contribution is 5.26. The SMILES string of the molecule is CCC1c2c(c(=O)[nH]n2C)CN1C. The van der Waals surface area contributed by atoms with Crippen molar-refractivity contribution in [1.82, 2.24) is 14.7 Å². The molecule has 0 bridgehead atoms. The van der Waals surface area contributed by atoms with Crippen LogP contribution in [-0.2, 0) is 13.6 Å². The van der Waals surface area contributed by atoms with Gasteiger partial charge in [0.25, 0.3) is 5.56 Å². The van der Waals surface area contributed by atoms with Gasteiger partial charge in [-0.15, -0.1) is 0 Å². The van der Waals surface area contributed by atoms with E-state index in [0.717, 1.165) is 24.2 Å². The summed E-state index contributed by atoms with van der Waals surface area (Å²) in [4.78, 5) is 13.7. The number of aromatic amines is 1. The van der Waals surface area contributed by atoms with Gasteiger partial charge >= 0.3 is 0 Å². The van der Waals surface area contributed by atoms with Gasteiger partial charge in [0.15, 0.2) is 0 Å². The molecular formula is C9H15N3O. The topological polar surface area (TPSA) is 41.0 Å². The minimum atomic E-state index is 0.0697. The predicted molar refractivity (Wildman–Crippen MR) is 50.5 cm³/mol. The van der Waals surface area contributed by atoms with E-state index in [1.54, 1.807) is 0 Å². The Morgan fingerprint density at radius 2 is 2.23 bits per heavy atom. The second-order valence-electron chi connectivity index (χ2n) is 3.70. The van der Waals surface area contributed by atoms with Crippen molar-refractivity contribution in [3.63, 3.8) is 0 Å². The minimum Gasteiger partial charge on any atom is -0.293 e. The molecule has 1 aromatic heterocycles. The van der Waals surface area contributed by atoms with E-state index in [-0.39, 0.29) is 5.56 Å². The lowest BCUT2D eigenvalue weighted by molar-refractivity contribution is 0.252. The van der Waals surface area contributed by atoms with E-state index in [0.29, 0.717) is 6.04 Å². The number of H-pyrrole nitrogens is 1. The zero-order valence-electron chi connectivity index (χ0n) is 8.29. The van der Waals surface area contributed by atoms with Crippen molar-refractivity contribution in [2.24, 2.45) is 7.05 Å². The number of aromatic nitrogens is 2. The fraction of sp³-hybridized carbons (Fsp3) is 0.667. The number of hydrogen-bond acceptors (Lipinski definition) is 2. The molecule has 2 heterocycles. The molecule has 1 atom stereocenters. The molecular weight excluding hydrogens is 166 g/mol. The maximum absolute atomic E-state index is 11.4. The standard InChI is InChI=1S/C9H15N3O/c1-4-7-8-6(5-11(7)2)9(13)10-12(8)3/h7H,4-5H2,1-3H3,(H,10,13). The number of aryl methyl sites for hydroxylation is 1. The summed E-state index contributed by atoms with van der Waals surface area (Å²) in [5.74, 6) is 0. The van der Waals surface area contributed by atoms with Gasteiger partial charge in [-0.3, -0.25) is 19.5 Å². The first-order valence-electron chi connectivity index (χ1n) is 4.63. The van der Waals surface area contributed by atoms with Crippen LogP contribution in [0.4, 0.5) is 0 Å². The normalized spacial score (nSPS) is 22.2. The van der Waals surface area contributed by atoms with Crippen LogP contribution in [0.1, 0.15) is 30.6 Å². The van der Waals surface area contributed by atoms with Crippen molar-refractivity contribution in [3.8, 4) is 0 Å². The summed E-state index contributed by atoms with van der Waals surface area (Å²) >= 11 is 0. The second kappa shape index (κ2) is 2.73. The van der Waals surface area contributed by atoms with Crippen LogP contribution in [0, 0.1) is 0 Å². The van der Waals surface area contributed by atoms with E-state index >= 15 is 0 Å². The van der Waals surface area contributed by atoms with Gasteiger partial charge in [0.05, 0.1) is 17.3 Å². The molecule has 13 heavy (non-hydrogen) atoms. The van der Waals surface area contributed by atoms with E-state index in [9.17, 15) is 4.79 Å². The van der Waals surface area contributed by atoms with Gasteiger partial charge in [-0.05, 0) is 13.5 Å². The van der Waals surface area contributed by atoms with Gasteiger partial charge in [0, 0.05) is 13.6 Å². The van der Waals surface area contributed by atoms with E-state index < -0.39 is 0 Å². The first-order valence-corrected chi connectivity index (χ1v) is 4.63. The third-order valence-corrected chi connectivity index (χ3v) is 2.86. The fourth-order valence-corrected chi connectivity index (χ4v) is 2.25. The molecule has 1 aromatic rings. The minimum absolute atomic E-state index is 0.0697. The average Bonchev–Trinajstić information content (AvgIpc) is 2.52. The summed E-state index contributed by atoms with van der Waals surface area (Å²) in [5.41, 5.74) is 2.17. The fourth-order valence-electron chi connectivity index (χ4n) is 2.25. The summed E-state index contributed by atoms with van der Waals surface area (Å²) in [6.07, 6.45) is 1.05. The summed E-state index contributed by atoms with van der Waals surface area (Å²) < 4.78 is 1.86. The Balaban J connectivity index is 2.56. The molecule has 4 nitrogen and oxygen atoms in total. The molecule has 0 radical (unpaired) electrons. The van der Waals surface area contributed by atoms with Crippen LogP contribution in [0.3, 0.4) is 0 Å². The first kappa shape index (κ1) is 8.56. The van der Waals surface area contributed by atoms with Gasteiger partial charge in [0.2, 0.25) is 0 Å². The maximum Gasteiger partial charge on any atom is 0.268 e. The Kier molecular flexibility index (Phi) is 1.80. The molecule has 1 aliphatic heterocycles. The molecule has 0 saturated carbocycles. The predicted octanol–water partition coefficient (Wildman–Crippen LogP) is 0.610. The summed E-state index contributed by atoms with van der Waals surface area (Å²) in [7, 11) is 3.97. The van der Waals surface area contributed by atoms with E-state index in [2.05, 4.69) is 24.0 Å². The lowest BCUT2D eigenvalue weighted by atomic mass is 10.1. The number of rotatable bonds is 1. The molecule has 0 saturated heterocycles. The average molecular weight is 181 g/mol. The maximum atomic E-state index is 11.4. The molecule has 0 aliphatic carbocycles. The van der Waals surface area contributed by atoms with Gasteiger partial charge in [-0.1, -0.05) is 6.92 Å². The zero-order chi connectivity index (χ0) is 9.59. The van der Waals surface area contributed by atoms with Gasteiger partial charge in [0.1, 0.15) is 0 Å². The molecule has 4 heteroatoms. The van der Waals surface area contributed by atoms with Crippen molar-refractivity contribution in [1.29, 1.82) is 0 Å². The smallest absolute Gasteiger partial charge is 0.268 e. The largest absolute Gasteiger partial charge is 0.293 e. The van der Waals surface area contributed by atoms with Crippen LogP contribution >= 0.6 is 0 Å². The Labute approximate surface area is 77.1 Å². The highest BCUT2D eigenvalue weighted by Crippen LogP contribution is 2.31. The zero-order valence-corrected chi connectivity index (χ0v) is 8.29. The summed E-state index contributed by atoms with van der Waals surface area (Å²) in [6.45, 7) is 2.93. The van der Waals surface area contributed by atoms with Crippen LogP contribution in [0.5, 0.6) is 0 Å². The Morgan fingerprint density at radius 1 is 1.54 bits per heavy atom. The Bertz CT molecular complexity index is 377.